The minimum atomic E-state index is -0.653. The molecule has 2 heteroatoms. The molecule has 0 spiro atoms. The van der Waals surface area contributed by atoms with E-state index in [4.69, 9.17) is 0 Å². The number of nitrogens with zero attached hydrogens (tertiary/aromatic N) is 1. The van der Waals surface area contributed by atoms with Crippen LogP contribution in [0.3, 0.4) is 0 Å². The molecule has 0 amide bonds. The van der Waals surface area contributed by atoms with Crippen molar-refractivity contribution in [2.24, 2.45) is 0 Å². The summed E-state index contributed by atoms with van der Waals surface area (Å²) in [7, 11) is 3.88. The van der Waals surface area contributed by atoms with Crippen LogP contribution in [-0.4, -0.2) is 31.2 Å². The van der Waals surface area contributed by atoms with E-state index in [1.54, 1.807) is 0 Å². The van der Waals surface area contributed by atoms with Crippen LogP contribution in [0.25, 0.3) is 0 Å². The molecule has 0 aliphatic heterocycles. The highest BCUT2D eigenvalue weighted by Crippen LogP contribution is 2.18. The van der Waals surface area contributed by atoms with Gasteiger partial charge in [-0.3, -0.25) is 0 Å². The van der Waals surface area contributed by atoms with E-state index in [2.05, 4.69) is 12.2 Å². The average molecular weight is 157 g/mol. The van der Waals surface area contributed by atoms with E-state index >= 15 is 0 Å². The number of alkyl halides is 1. The second-order valence-electron chi connectivity index (χ2n) is 3.33. The lowest BCUT2D eigenvalue weighted by atomic mass is 10.1. The molecule has 0 aromatic heterocycles. The highest BCUT2D eigenvalue weighted by Gasteiger charge is 2.22. The molecule has 1 rings (SSSR count). The number of halogens is 1. The highest BCUT2D eigenvalue weighted by molar-refractivity contribution is 4.94. The van der Waals surface area contributed by atoms with Crippen molar-refractivity contribution in [3.63, 3.8) is 0 Å². The highest BCUT2D eigenvalue weighted by atomic mass is 19.1. The van der Waals surface area contributed by atoms with Crippen molar-refractivity contribution in [3.05, 3.63) is 12.2 Å². The predicted molar refractivity (Wildman–Crippen MR) is 45.4 cm³/mol. The Morgan fingerprint density at radius 2 is 2.09 bits per heavy atom. The Morgan fingerprint density at radius 1 is 1.36 bits per heavy atom. The minimum Gasteiger partial charge on any atom is -0.303 e. The quantitative estimate of drug-likeness (QED) is 0.526. The molecule has 11 heavy (non-hydrogen) atoms. The van der Waals surface area contributed by atoms with Gasteiger partial charge >= 0.3 is 0 Å². The summed E-state index contributed by atoms with van der Waals surface area (Å²) in [6.07, 6.45) is 5.94. The van der Waals surface area contributed by atoms with Crippen molar-refractivity contribution in [2.45, 2.75) is 31.5 Å². The lowest BCUT2D eigenvalue weighted by Gasteiger charge is -2.25. The first kappa shape index (κ1) is 8.72. The van der Waals surface area contributed by atoms with Crippen LogP contribution in [-0.2, 0) is 0 Å². The van der Waals surface area contributed by atoms with Gasteiger partial charge in [0, 0.05) is 6.04 Å². The fourth-order valence-electron chi connectivity index (χ4n) is 1.48. The summed E-state index contributed by atoms with van der Waals surface area (Å²) in [5.74, 6) is 0. The van der Waals surface area contributed by atoms with Crippen molar-refractivity contribution < 1.29 is 4.39 Å². The van der Waals surface area contributed by atoms with Crippen LogP contribution in [0.15, 0.2) is 12.2 Å². The van der Waals surface area contributed by atoms with Gasteiger partial charge in [0.2, 0.25) is 0 Å². The molecule has 0 saturated heterocycles. The Kier molecular flexibility index (Phi) is 3.06. The number of rotatable bonds is 1. The molecule has 2 unspecified atom stereocenters. The van der Waals surface area contributed by atoms with Gasteiger partial charge in [-0.15, -0.1) is 0 Å². The van der Waals surface area contributed by atoms with Crippen molar-refractivity contribution >= 4 is 0 Å². The van der Waals surface area contributed by atoms with Gasteiger partial charge in [0.15, 0.2) is 0 Å². The van der Waals surface area contributed by atoms with E-state index < -0.39 is 6.17 Å². The van der Waals surface area contributed by atoms with E-state index in [1.807, 2.05) is 19.0 Å². The fourth-order valence-corrected chi connectivity index (χ4v) is 1.48. The van der Waals surface area contributed by atoms with Crippen LogP contribution in [0, 0.1) is 0 Å². The summed E-state index contributed by atoms with van der Waals surface area (Å²) >= 11 is 0. The summed E-state index contributed by atoms with van der Waals surface area (Å²) in [6.45, 7) is 0. The summed E-state index contributed by atoms with van der Waals surface area (Å²) in [6, 6.07) is 0.0914. The Bertz CT molecular complexity index is 142. The first-order valence-electron chi connectivity index (χ1n) is 4.17. The standard InChI is InChI=1S/C9H16FN/c1-11(2)9-7-5-3-4-6-8(9)10/h3,5,8-9H,4,6-7H2,1-2H3. The molecule has 0 aromatic rings. The molecule has 0 bridgehead atoms. The lowest BCUT2D eigenvalue weighted by molar-refractivity contribution is 0.155. The normalized spacial score (nSPS) is 32.4. The Hall–Kier alpha value is -0.370. The van der Waals surface area contributed by atoms with Crippen LogP contribution >= 0.6 is 0 Å². The minimum absolute atomic E-state index is 0.0914. The molecule has 2 atom stereocenters. The molecule has 0 heterocycles. The zero-order valence-corrected chi connectivity index (χ0v) is 7.26. The van der Waals surface area contributed by atoms with Crippen LogP contribution in [0.2, 0.25) is 0 Å². The number of hydrogen-bond donors (Lipinski definition) is 0. The van der Waals surface area contributed by atoms with E-state index in [-0.39, 0.29) is 6.04 Å². The van der Waals surface area contributed by atoms with Crippen molar-refractivity contribution in [3.8, 4) is 0 Å². The topological polar surface area (TPSA) is 3.24 Å². The van der Waals surface area contributed by atoms with E-state index in [0.717, 1.165) is 12.8 Å². The molecule has 1 aliphatic carbocycles. The molecule has 0 saturated carbocycles. The van der Waals surface area contributed by atoms with Gasteiger partial charge in [0.25, 0.3) is 0 Å². The molecule has 1 nitrogen and oxygen atoms in total. The maximum atomic E-state index is 13.3. The third-order valence-electron chi connectivity index (χ3n) is 2.23. The largest absolute Gasteiger partial charge is 0.303 e. The summed E-state index contributed by atoms with van der Waals surface area (Å²) in [5, 5.41) is 0. The predicted octanol–water partition coefficient (Wildman–Crippen LogP) is 1.99. The van der Waals surface area contributed by atoms with Gasteiger partial charge in [-0.2, -0.15) is 0 Å². The van der Waals surface area contributed by atoms with Crippen molar-refractivity contribution in [2.75, 3.05) is 14.1 Å². The van der Waals surface area contributed by atoms with E-state index in [9.17, 15) is 4.39 Å². The van der Waals surface area contributed by atoms with Gasteiger partial charge < -0.3 is 4.90 Å². The van der Waals surface area contributed by atoms with E-state index in [1.165, 1.54) is 0 Å². The third-order valence-corrected chi connectivity index (χ3v) is 2.23. The second-order valence-corrected chi connectivity index (χ2v) is 3.33. The van der Waals surface area contributed by atoms with Crippen LogP contribution in [0.1, 0.15) is 19.3 Å². The molecular formula is C9H16FN. The first-order valence-corrected chi connectivity index (χ1v) is 4.17. The van der Waals surface area contributed by atoms with Crippen LogP contribution in [0.4, 0.5) is 4.39 Å². The number of allylic oxidation sites excluding steroid dienone is 1. The second kappa shape index (κ2) is 3.86. The fraction of sp³-hybridized carbons (Fsp3) is 0.778. The van der Waals surface area contributed by atoms with Crippen LogP contribution < -0.4 is 0 Å². The molecule has 0 radical (unpaired) electrons. The molecule has 0 N–H and O–H groups in total. The Labute approximate surface area is 67.9 Å². The summed E-state index contributed by atoms with van der Waals surface area (Å²) < 4.78 is 13.3. The first-order chi connectivity index (χ1) is 5.22. The maximum absolute atomic E-state index is 13.3. The van der Waals surface area contributed by atoms with Gasteiger partial charge in [0.05, 0.1) is 0 Å². The van der Waals surface area contributed by atoms with E-state index in [0.29, 0.717) is 6.42 Å². The van der Waals surface area contributed by atoms with Gasteiger partial charge in [0.1, 0.15) is 6.17 Å². The Morgan fingerprint density at radius 3 is 2.73 bits per heavy atom. The molecule has 64 valence electrons. The van der Waals surface area contributed by atoms with Crippen molar-refractivity contribution in [1.29, 1.82) is 0 Å². The molecular weight excluding hydrogens is 141 g/mol. The SMILES string of the molecule is CN(C)C1CC=CCCC1F. The van der Waals surface area contributed by atoms with Crippen molar-refractivity contribution in [1.82, 2.24) is 4.90 Å². The van der Waals surface area contributed by atoms with Crippen LogP contribution in [0.5, 0.6) is 0 Å². The third kappa shape index (κ3) is 2.29. The Balaban J connectivity index is 2.53. The lowest BCUT2D eigenvalue weighted by Crippen LogP contribution is -2.35. The summed E-state index contributed by atoms with van der Waals surface area (Å²) in [5.41, 5.74) is 0. The molecule has 0 fully saturated rings. The number of hydrogen-bond acceptors (Lipinski definition) is 1. The monoisotopic (exact) mass is 157 g/mol. The smallest absolute Gasteiger partial charge is 0.116 e. The molecule has 1 aliphatic rings. The zero-order chi connectivity index (χ0) is 8.27. The summed E-state index contributed by atoms with van der Waals surface area (Å²) in [4.78, 5) is 1.97. The van der Waals surface area contributed by atoms with Gasteiger partial charge in [-0.05, 0) is 33.4 Å². The average Bonchev–Trinajstić information content (AvgIpc) is 2.13. The van der Waals surface area contributed by atoms with Gasteiger partial charge in [-0.25, -0.2) is 4.39 Å². The molecule has 0 aromatic carbocycles. The van der Waals surface area contributed by atoms with Gasteiger partial charge in [-0.1, -0.05) is 12.2 Å². The maximum Gasteiger partial charge on any atom is 0.116 e. The zero-order valence-electron chi connectivity index (χ0n) is 7.26.